The van der Waals surface area contributed by atoms with E-state index in [1.807, 2.05) is 11.8 Å². The van der Waals surface area contributed by atoms with E-state index in [1.165, 1.54) is 6.07 Å². The summed E-state index contributed by atoms with van der Waals surface area (Å²) in [5, 5.41) is 12.4. The van der Waals surface area contributed by atoms with Gasteiger partial charge in [0.2, 0.25) is 5.91 Å². The van der Waals surface area contributed by atoms with Gasteiger partial charge in [0.25, 0.3) is 0 Å². The molecule has 2 atom stereocenters. The van der Waals surface area contributed by atoms with Crippen LogP contribution < -0.4 is 5.32 Å². The maximum absolute atomic E-state index is 13.4. The van der Waals surface area contributed by atoms with Crippen LogP contribution in [0.5, 0.6) is 0 Å². The van der Waals surface area contributed by atoms with E-state index in [1.54, 1.807) is 18.2 Å². The number of carbonyl (C=O) groups excluding carboxylic acids is 1. The number of amides is 1. The first-order chi connectivity index (χ1) is 9.60. The minimum absolute atomic E-state index is 0.210. The number of nitrogens with one attached hydrogen (secondary N) is 1. The summed E-state index contributed by atoms with van der Waals surface area (Å²) in [6.07, 6.45) is 1.31. The number of para-hydroxylation sites is 1. The first-order valence-electron chi connectivity index (χ1n) is 7.05. The Kier molecular flexibility index (Phi) is 5.09. The van der Waals surface area contributed by atoms with Crippen molar-refractivity contribution in [1.82, 2.24) is 4.90 Å². The number of anilines is 1. The maximum atomic E-state index is 13.4. The second kappa shape index (κ2) is 6.81. The van der Waals surface area contributed by atoms with Gasteiger partial charge in [0.1, 0.15) is 5.82 Å². The van der Waals surface area contributed by atoms with Crippen LogP contribution in [0.2, 0.25) is 0 Å². The summed E-state index contributed by atoms with van der Waals surface area (Å²) in [6, 6.07) is 6.13. The van der Waals surface area contributed by atoms with Crippen molar-refractivity contribution >= 4 is 11.6 Å². The molecule has 1 fully saturated rings. The monoisotopic (exact) mass is 280 g/mol. The molecule has 2 rings (SSSR count). The van der Waals surface area contributed by atoms with Crippen LogP contribution in [-0.4, -0.2) is 41.7 Å². The molecule has 1 amide bonds. The van der Waals surface area contributed by atoms with Crippen LogP contribution in [0.1, 0.15) is 19.8 Å². The number of halogens is 1. The number of carbonyl (C=O) groups is 1. The molecule has 2 N–H and O–H groups in total. The third kappa shape index (κ3) is 3.77. The molecular weight excluding hydrogens is 259 g/mol. The number of benzene rings is 1. The fourth-order valence-electron chi connectivity index (χ4n) is 2.60. The lowest BCUT2D eigenvalue weighted by molar-refractivity contribution is -0.118. The van der Waals surface area contributed by atoms with E-state index in [4.69, 9.17) is 0 Å². The molecule has 1 aromatic rings. The van der Waals surface area contributed by atoms with Gasteiger partial charge >= 0.3 is 0 Å². The van der Waals surface area contributed by atoms with Gasteiger partial charge in [-0.25, -0.2) is 4.39 Å². The standard InChI is InChI=1S/C15H21FN2O2/c1-2-11-9-18(8-7-14(11)19)10-15(20)17-13-6-4-3-5-12(13)16/h3-6,11,14,19H,2,7-10H2,1H3,(H,17,20). The summed E-state index contributed by atoms with van der Waals surface area (Å²) in [5.41, 5.74) is 0.210. The number of hydrogen-bond donors (Lipinski definition) is 2. The third-order valence-corrected chi connectivity index (χ3v) is 3.82. The fourth-order valence-corrected chi connectivity index (χ4v) is 2.60. The minimum Gasteiger partial charge on any atom is -0.393 e. The van der Waals surface area contributed by atoms with Gasteiger partial charge in [-0.3, -0.25) is 9.69 Å². The van der Waals surface area contributed by atoms with Crippen molar-refractivity contribution in [2.24, 2.45) is 5.92 Å². The van der Waals surface area contributed by atoms with Crippen LogP contribution in [0, 0.1) is 11.7 Å². The maximum Gasteiger partial charge on any atom is 0.238 e. The summed E-state index contributed by atoms with van der Waals surface area (Å²) in [6.45, 7) is 3.68. The zero-order chi connectivity index (χ0) is 14.5. The molecule has 1 aliphatic rings. The molecule has 1 heterocycles. The zero-order valence-corrected chi connectivity index (χ0v) is 11.7. The highest BCUT2D eigenvalue weighted by Gasteiger charge is 2.27. The average molecular weight is 280 g/mol. The number of piperidine rings is 1. The highest BCUT2D eigenvalue weighted by Crippen LogP contribution is 2.20. The number of hydrogen-bond acceptors (Lipinski definition) is 3. The van der Waals surface area contributed by atoms with Crippen molar-refractivity contribution in [3.05, 3.63) is 30.1 Å². The van der Waals surface area contributed by atoms with Gasteiger partial charge < -0.3 is 10.4 Å². The summed E-state index contributed by atoms with van der Waals surface area (Å²) < 4.78 is 13.4. The van der Waals surface area contributed by atoms with Gasteiger partial charge in [-0.1, -0.05) is 19.1 Å². The molecule has 0 aliphatic carbocycles. The Balaban J connectivity index is 1.87. The molecule has 0 bridgehead atoms. The molecular formula is C15H21FN2O2. The minimum atomic E-state index is -0.429. The van der Waals surface area contributed by atoms with E-state index < -0.39 is 5.82 Å². The van der Waals surface area contributed by atoms with Crippen molar-refractivity contribution in [2.45, 2.75) is 25.9 Å². The quantitative estimate of drug-likeness (QED) is 0.885. The lowest BCUT2D eigenvalue weighted by atomic mass is 9.92. The van der Waals surface area contributed by atoms with Crippen LogP contribution in [0.4, 0.5) is 10.1 Å². The van der Waals surface area contributed by atoms with Crippen LogP contribution in [0.25, 0.3) is 0 Å². The van der Waals surface area contributed by atoms with Crippen LogP contribution >= 0.6 is 0 Å². The van der Waals surface area contributed by atoms with Crippen molar-refractivity contribution in [3.63, 3.8) is 0 Å². The van der Waals surface area contributed by atoms with Gasteiger partial charge in [-0.05, 0) is 30.9 Å². The number of aliphatic hydroxyl groups excluding tert-OH is 1. The second-order valence-corrected chi connectivity index (χ2v) is 5.29. The van der Waals surface area contributed by atoms with E-state index in [-0.39, 0.29) is 30.2 Å². The molecule has 1 saturated heterocycles. The van der Waals surface area contributed by atoms with Crippen molar-refractivity contribution in [2.75, 3.05) is 25.0 Å². The second-order valence-electron chi connectivity index (χ2n) is 5.29. The Hall–Kier alpha value is -1.46. The lowest BCUT2D eigenvalue weighted by Crippen LogP contribution is -2.45. The Labute approximate surface area is 118 Å². The molecule has 110 valence electrons. The molecule has 1 aromatic carbocycles. The molecule has 0 radical (unpaired) electrons. The van der Waals surface area contributed by atoms with Crippen LogP contribution in [0.15, 0.2) is 24.3 Å². The van der Waals surface area contributed by atoms with E-state index in [0.717, 1.165) is 6.42 Å². The number of rotatable bonds is 4. The average Bonchev–Trinajstić information content (AvgIpc) is 2.43. The first kappa shape index (κ1) is 14.9. The van der Waals surface area contributed by atoms with Gasteiger partial charge in [0, 0.05) is 13.1 Å². The summed E-state index contributed by atoms with van der Waals surface area (Å²) in [4.78, 5) is 13.9. The molecule has 0 aromatic heterocycles. The Morgan fingerprint density at radius 2 is 2.25 bits per heavy atom. The van der Waals surface area contributed by atoms with E-state index in [2.05, 4.69) is 5.32 Å². The highest BCUT2D eigenvalue weighted by molar-refractivity contribution is 5.92. The predicted molar refractivity (Wildman–Crippen MR) is 75.9 cm³/mol. The lowest BCUT2D eigenvalue weighted by Gasteiger charge is -2.35. The molecule has 1 aliphatic heterocycles. The molecule has 20 heavy (non-hydrogen) atoms. The van der Waals surface area contributed by atoms with E-state index in [0.29, 0.717) is 19.5 Å². The van der Waals surface area contributed by atoms with Crippen molar-refractivity contribution in [1.29, 1.82) is 0 Å². The van der Waals surface area contributed by atoms with Gasteiger partial charge in [-0.2, -0.15) is 0 Å². The molecule has 5 heteroatoms. The van der Waals surface area contributed by atoms with Gasteiger partial charge in [-0.15, -0.1) is 0 Å². The van der Waals surface area contributed by atoms with Crippen LogP contribution in [0.3, 0.4) is 0 Å². The van der Waals surface area contributed by atoms with Crippen molar-refractivity contribution < 1.29 is 14.3 Å². The molecule has 2 unspecified atom stereocenters. The zero-order valence-electron chi connectivity index (χ0n) is 11.7. The highest BCUT2D eigenvalue weighted by atomic mass is 19.1. The van der Waals surface area contributed by atoms with E-state index >= 15 is 0 Å². The smallest absolute Gasteiger partial charge is 0.238 e. The first-order valence-corrected chi connectivity index (χ1v) is 7.05. The van der Waals surface area contributed by atoms with Crippen molar-refractivity contribution in [3.8, 4) is 0 Å². The third-order valence-electron chi connectivity index (χ3n) is 3.82. The summed E-state index contributed by atoms with van der Waals surface area (Å²) >= 11 is 0. The molecule has 0 spiro atoms. The number of nitrogens with zero attached hydrogens (tertiary/aromatic N) is 1. The summed E-state index contributed by atoms with van der Waals surface area (Å²) in [5.74, 6) is -0.437. The largest absolute Gasteiger partial charge is 0.393 e. The Bertz CT molecular complexity index is 467. The van der Waals surface area contributed by atoms with Crippen LogP contribution in [-0.2, 0) is 4.79 Å². The predicted octanol–water partition coefficient (Wildman–Crippen LogP) is 1.86. The number of aliphatic hydroxyl groups is 1. The molecule has 4 nitrogen and oxygen atoms in total. The summed E-state index contributed by atoms with van der Waals surface area (Å²) in [7, 11) is 0. The fraction of sp³-hybridized carbons (Fsp3) is 0.533. The molecule has 0 saturated carbocycles. The topological polar surface area (TPSA) is 52.6 Å². The van der Waals surface area contributed by atoms with Gasteiger partial charge in [0.15, 0.2) is 0 Å². The normalized spacial score (nSPS) is 23.6. The van der Waals surface area contributed by atoms with E-state index in [9.17, 15) is 14.3 Å². The Morgan fingerprint density at radius 3 is 2.95 bits per heavy atom. The Morgan fingerprint density at radius 1 is 1.50 bits per heavy atom. The van der Waals surface area contributed by atoms with Gasteiger partial charge in [0.05, 0.1) is 18.3 Å². The SMILES string of the molecule is CCC1CN(CC(=O)Nc2ccccc2F)CCC1O. The number of likely N-dealkylation sites (tertiary alicyclic amines) is 1.